The molecule has 0 spiro atoms. The molecule has 2 N–H and O–H groups in total. The molecule has 9 nitrogen and oxygen atoms in total. The van der Waals surface area contributed by atoms with Crippen LogP contribution in [0.5, 0.6) is 0 Å². The van der Waals surface area contributed by atoms with Gasteiger partial charge >= 0.3 is 0 Å². The van der Waals surface area contributed by atoms with Crippen molar-refractivity contribution in [3.8, 4) is 0 Å². The highest BCUT2D eigenvalue weighted by molar-refractivity contribution is 7.89. The van der Waals surface area contributed by atoms with Gasteiger partial charge in [-0.1, -0.05) is 11.6 Å². The molecule has 2 aliphatic rings. The number of likely N-dealkylation sites (N-methyl/N-ethyl adjacent to an activating group) is 1. The normalized spacial score (nSPS) is 20.8. The number of halogens is 1. The van der Waals surface area contributed by atoms with Gasteiger partial charge in [-0.15, -0.1) is 0 Å². The van der Waals surface area contributed by atoms with Crippen LogP contribution in [-0.2, 0) is 21.4 Å². The fourth-order valence-electron chi connectivity index (χ4n) is 5.05. The number of thiophene rings is 1. The first kappa shape index (κ1) is 30.5. The number of piperidine rings is 1. The summed E-state index contributed by atoms with van der Waals surface area (Å²) in [5.74, 6) is 0.321. The van der Waals surface area contributed by atoms with Gasteiger partial charge in [0.2, 0.25) is 16.0 Å². The maximum Gasteiger partial charge on any atom is 0.253 e. The second kappa shape index (κ2) is 13.3. The summed E-state index contributed by atoms with van der Waals surface area (Å²) < 4.78 is 26.6. The number of nitrogens with one attached hydrogen (secondary N) is 2. The summed E-state index contributed by atoms with van der Waals surface area (Å²) in [5, 5.41) is 7.20. The van der Waals surface area contributed by atoms with E-state index >= 15 is 0 Å². The standard InChI is InChI=1S/C26H41ClN6O3S2/c1-18-15-23(27)31(5)20(3)24(18)25(34)29-11-7-19(2)32-12-8-22(9-13-32)33(16-21-10-14-37-17-21)26(28-4)30-38(6,35)36/h10,14-15,17,19,22-23H,7-9,11-13,16H2,1-6H3,(H,28,30)(H,29,34)/t19-,23?/m1/s1. The van der Waals surface area contributed by atoms with E-state index in [1.54, 1.807) is 18.4 Å². The Kier molecular flexibility index (Phi) is 10.7. The van der Waals surface area contributed by atoms with Crippen molar-refractivity contribution in [1.82, 2.24) is 24.7 Å². The number of guanidine groups is 1. The molecule has 1 aromatic heterocycles. The van der Waals surface area contributed by atoms with Crippen molar-refractivity contribution in [2.45, 2.75) is 64.2 Å². The molecule has 0 radical (unpaired) electrons. The van der Waals surface area contributed by atoms with Gasteiger partial charge in [0, 0.05) is 58.1 Å². The molecule has 2 atom stereocenters. The van der Waals surface area contributed by atoms with E-state index in [0.717, 1.165) is 55.4 Å². The Bertz CT molecular complexity index is 1160. The highest BCUT2D eigenvalue weighted by atomic mass is 35.5. The number of likely N-dealkylation sites (tertiary alicyclic amines) is 1. The van der Waals surface area contributed by atoms with Crippen LogP contribution in [0, 0.1) is 0 Å². The summed E-state index contributed by atoms with van der Waals surface area (Å²) in [6, 6.07) is 2.54. The van der Waals surface area contributed by atoms with Gasteiger partial charge in [-0.2, -0.15) is 11.3 Å². The maximum absolute atomic E-state index is 12.9. The van der Waals surface area contributed by atoms with Gasteiger partial charge in [-0.3, -0.25) is 14.5 Å². The van der Waals surface area contributed by atoms with Crippen molar-refractivity contribution < 1.29 is 13.2 Å². The molecule has 1 amide bonds. The van der Waals surface area contributed by atoms with Crippen molar-refractivity contribution in [1.29, 1.82) is 0 Å². The number of sulfonamides is 1. The number of hydrogen-bond acceptors (Lipinski definition) is 7. The quantitative estimate of drug-likeness (QED) is 0.200. The van der Waals surface area contributed by atoms with E-state index in [1.165, 1.54) is 0 Å². The second-order valence-corrected chi connectivity index (χ2v) is 13.1. The molecule has 12 heteroatoms. The van der Waals surface area contributed by atoms with Gasteiger partial charge in [0.15, 0.2) is 0 Å². The van der Waals surface area contributed by atoms with E-state index in [2.05, 4.69) is 43.2 Å². The zero-order valence-corrected chi connectivity index (χ0v) is 25.6. The van der Waals surface area contributed by atoms with Crippen LogP contribution in [-0.4, -0.2) is 92.6 Å². The average molecular weight is 585 g/mol. The number of amides is 1. The lowest BCUT2D eigenvalue weighted by Gasteiger charge is -2.41. The van der Waals surface area contributed by atoms with Crippen LogP contribution < -0.4 is 10.0 Å². The lowest BCUT2D eigenvalue weighted by atomic mass is 9.99. The van der Waals surface area contributed by atoms with E-state index in [-0.39, 0.29) is 17.5 Å². The van der Waals surface area contributed by atoms with Crippen molar-refractivity contribution >= 4 is 44.8 Å². The first-order valence-corrected chi connectivity index (χ1v) is 16.2. The Morgan fingerprint density at radius 2 is 2.00 bits per heavy atom. The Morgan fingerprint density at radius 3 is 2.58 bits per heavy atom. The molecule has 0 saturated carbocycles. The Labute approximate surface area is 236 Å². The molecule has 0 bridgehead atoms. The summed E-state index contributed by atoms with van der Waals surface area (Å²) in [7, 11) is 0.0694. The molecule has 3 rings (SSSR count). The Hall–Kier alpha value is -2.08. The van der Waals surface area contributed by atoms with Crippen LogP contribution in [0.4, 0.5) is 0 Å². The van der Waals surface area contributed by atoms with Gasteiger partial charge in [0.05, 0.1) is 11.8 Å². The lowest BCUT2D eigenvalue weighted by molar-refractivity contribution is -0.117. The molecular weight excluding hydrogens is 544 g/mol. The lowest BCUT2D eigenvalue weighted by Crippen LogP contribution is -2.53. The topological polar surface area (TPSA) is 97.4 Å². The fraction of sp³-hybridized carbons (Fsp3) is 0.615. The minimum atomic E-state index is -3.44. The van der Waals surface area contributed by atoms with Gasteiger partial charge in [-0.05, 0) is 74.1 Å². The molecule has 1 fully saturated rings. The van der Waals surface area contributed by atoms with Gasteiger partial charge in [0.1, 0.15) is 5.50 Å². The van der Waals surface area contributed by atoms with Crippen LogP contribution in [0.25, 0.3) is 0 Å². The number of rotatable bonds is 9. The van der Waals surface area contributed by atoms with E-state index in [4.69, 9.17) is 11.6 Å². The third-order valence-corrected chi connectivity index (χ3v) is 9.08. The predicted octanol–water partition coefficient (Wildman–Crippen LogP) is 3.17. The summed E-state index contributed by atoms with van der Waals surface area (Å²) >= 11 is 7.94. The fourth-order valence-corrected chi connectivity index (χ4v) is 6.59. The van der Waals surface area contributed by atoms with Crippen LogP contribution in [0.15, 0.2) is 44.7 Å². The first-order chi connectivity index (χ1) is 17.9. The number of carbonyl (C=O) groups is 1. The van der Waals surface area contributed by atoms with Crippen LogP contribution in [0.2, 0.25) is 0 Å². The number of aliphatic imine (C=N–C) groups is 1. The molecule has 38 heavy (non-hydrogen) atoms. The monoisotopic (exact) mass is 584 g/mol. The van der Waals surface area contributed by atoms with Crippen LogP contribution in [0.1, 0.15) is 45.6 Å². The summed E-state index contributed by atoms with van der Waals surface area (Å²) in [6.45, 7) is 9.03. The minimum Gasteiger partial charge on any atom is -0.358 e. The molecule has 2 aliphatic heterocycles. The molecule has 1 unspecified atom stereocenters. The number of allylic oxidation sites excluding steroid dienone is 1. The van der Waals surface area contributed by atoms with E-state index in [9.17, 15) is 13.2 Å². The Morgan fingerprint density at radius 1 is 1.32 bits per heavy atom. The first-order valence-electron chi connectivity index (χ1n) is 12.9. The van der Waals surface area contributed by atoms with E-state index < -0.39 is 10.0 Å². The third kappa shape index (κ3) is 7.97. The molecule has 1 aromatic rings. The molecule has 1 saturated heterocycles. The zero-order chi connectivity index (χ0) is 28.0. The van der Waals surface area contributed by atoms with Crippen molar-refractivity contribution in [3.05, 3.63) is 45.3 Å². The van der Waals surface area contributed by atoms with E-state index in [1.807, 2.05) is 37.3 Å². The van der Waals surface area contributed by atoms with Gasteiger partial charge in [0.25, 0.3) is 5.91 Å². The zero-order valence-electron chi connectivity index (χ0n) is 23.2. The molecule has 0 aromatic carbocycles. The highest BCUT2D eigenvalue weighted by Crippen LogP contribution is 2.27. The summed E-state index contributed by atoms with van der Waals surface area (Å²) in [5.41, 5.74) is 3.38. The largest absolute Gasteiger partial charge is 0.358 e. The van der Waals surface area contributed by atoms with Crippen molar-refractivity contribution in [3.63, 3.8) is 0 Å². The molecule has 0 aliphatic carbocycles. The van der Waals surface area contributed by atoms with Crippen molar-refractivity contribution in [2.75, 3.05) is 40.0 Å². The summed E-state index contributed by atoms with van der Waals surface area (Å²) in [6.07, 6.45) is 5.69. The molecular formula is C26H41ClN6O3S2. The number of alkyl halides is 1. The minimum absolute atomic E-state index is 0.0635. The summed E-state index contributed by atoms with van der Waals surface area (Å²) in [4.78, 5) is 23.6. The average Bonchev–Trinajstić information content (AvgIpc) is 3.37. The van der Waals surface area contributed by atoms with Crippen molar-refractivity contribution in [2.24, 2.45) is 4.99 Å². The third-order valence-electron chi connectivity index (χ3n) is 7.37. The van der Waals surface area contributed by atoms with Gasteiger partial charge in [-0.25, -0.2) is 8.42 Å². The SMILES string of the molecule is CN=C(NS(C)(=O)=O)N(Cc1ccsc1)C1CCN([C@H](C)CCNC(=O)C2=C(C)N(C)C(Cl)C=C2C)CC1. The Balaban J connectivity index is 1.55. The highest BCUT2D eigenvalue weighted by Gasteiger charge is 2.30. The molecule has 3 heterocycles. The van der Waals surface area contributed by atoms with Crippen LogP contribution >= 0.6 is 22.9 Å². The number of carbonyl (C=O) groups excluding carboxylic acids is 1. The number of nitrogens with zero attached hydrogens (tertiary/aromatic N) is 4. The smallest absolute Gasteiger partial charge is 0.253 e. The predicted molar refractivity (Wildman–Crippen MR) is 157 cm³/mol. The number of hydrogen-bond donors (Lipinski definition) is 2. The van der Waals surface area contributed by atoms with Gasteiger partial charge < -0.3 is 20.0 Å². The molecule has 212 valence electrons. The maximum atomic E-state index is 12.9. The van der Waals surface area contributed by atoms with E-state index in [0.29, 0.717) is 30.7 Å². The second-order valence-electron chi connectivity index (χ2n) is 10.1. The van der Waals surface area contributed by atoms with Crippen LogP contribution in [0.3, 0.4) is 0 Å².